The molecule has 3 N–H and O–H groups in total. The van der Waals surface area contributed by atoms with Crippen LogP contribution in [0.15, 0.2) is 12.1 Å². The Morgan fingerprint density at radius 2 is 2.44 bits per heavy atom. The minimum absolute atomic E-state index is 0.327. The number of hydrogen-bond acceptors (Lipinski definition) is 5. The number of aromatic nitrogens is 1. The van der Waals surface area contributed by atoms with Crippen LogP contribution >= 0.6 is 11.6 Å². The monoisotopic (exact) mass is 242 g/mol. The summed E-state index contributed by atoms with van der Waals surface area (Å²) in [6.45, 7) is 1.29. The number of nitrogen functional groups attached to an aromatic ring is 1. The molecule has 0 unspecified atom stereocenters. The van der Waals surface area contributed by atoms with Gasteiger partial charge in [-0.2, -0.15) is 0 Å². The highest BCUT2D eigenvalue weighted by Crippen LogP contribution is 2.19. The first-order valence-corrected chi connectivity index (χ1v) is 5.12. The van der Waals surface area contributed by atoms with Crippen molar-refractivity contribution in [3.8, 4) is 0 Å². The molecule has 0 radical (unpaired) electrons. The van der Waals surface area contributed by atoms with Gasteiger partial charge in [0.2, 0.25) is 0 Å². The molecule has 0 aromatic carbocycles. The number of nitrogens with one attached hydrogen (secondary N) is 1. The molecule has 2 heterocycles. The van der Waals surface area contributed by atoms with Crippen molar-refractivity contribution in [2.45, 2.75) is 6.54 Å². The number of rotatable bonds is 3. The molecule has 2 rings (SSSR count). The molecule has 1 aromatic heterocycles. The highest BCUT2D eigenvalue weighted by atomic mass is 35.5. The molecular weight excluding hydrogens is 232 g/mol. The Balaban J connectivity index is 2.16. The first-order chi connectivity index (χ1) is 7.70. The highest BCUT2D eigenvalue weighted by Gasteiger charge is 2.23. The van der Waals surface area contributed by atoms with Crippen molar-refractivity contribution in [2.24, 2.45) is 5.84 Å². The van der Waals surface area contributed by atoms with Crippen LogP contribution in [0.25, 0.3) is 0 Å². The summed E-state index contributed by atoms with van der Waals surface area (Å²) in [5.74, 6) is 5.75. The van der Waals surface area contributed by atoms with Gasteiger partial charge in [0, 0.05) is 0 Å². The number of nitrogens with zero attached hydrogens (tertiary/aromatic N) is 2. The summed E-state index contributed by atoms with van der Waals surface area (Å²) in [4.78, 5) is 16.9. The molecule has 6 nitrogen and oxygen atoms in total. The van der Waals surface area contributed by atoms with Crippen molar-refractivity contribution < 1.29 is 9.53 Å². The summed E-state index contributed by atoms with van der Waals surface area (Å²) < 4.78 is 4.81. The van der Waals surface area contributed by atoms with Gasteiger partial charge in [0.1, 0.15) is 12.4 Å². The molecule has 0 bridgehead atoms. The summed E-state index contributed by atoms with van der Waals surface area (Å²) in [6, 6.07) is 3.34. The third kappa shape index (κ3) is 2.17. The summed E-state index contributed by atoms with van der Waals surface area (Å²) in [7, 11) is 0. The molecule has 1 fully saturated rings. The molecule has 1 aliphatic heterocycles. The minimum atomic E-state index is -0.344. The average molecular weight is 243 g/mol. The van der Waals surface area contributed by atoms with Crippen LogP contribution in [0, 0.1) is 0 Å². The van der Waals surface area contributed by atoms with E-state index in [2.05, 4.69) is 10.4 Å². The molecule has 1 amide bonds. The van der Waals surface area contributed by atoms with E-state index in [0.717, 1.165) is 0 Å². The molecule has 0 spiro atoms. The number of carbonyl (C=O) groups is 1. The van der Waals surface area contributed by atoms with Crippen molar-refractivity contribution >= 4 is 23.5 Å². The van der Waals surface area contributed by atoms with Gasteiger partial charge in [0.05, 0.1) is 23.8 Å². The van der Waals surface area contributed by atoms with Crippen LogP contribution in [0.4, 0.5) is 10.6 Å². The van der Waals surface area contributed by atoms with E-state index in [1.54, 1.807) is 12.1 Å². The topological polar surface area (TPSA) is 80.5 Å². The molecule has 1 aliphatic rings. The zero-order valence-corrected chi connectivity index (χ0v) is 9.20. The number of cyclic esters (lactones) is 1. The Kier molecular flexibility index (Phi) is 3.12. The third-order valence-electron chi connectivity index (χ3n) is 2.25. The predicted molar refractivity (Wildman–Crippen MR) is 58.8 cm³/mol. The third-order valence-corrected chi connectivity index (χ3v) is 2.60. The number of halogens is 1. The first-order valence-electron chi connectivity index (χ1n) is 4.74. The summed E-state index contributed by atoms with van der Waals surface area (Å²) in [5, 5.41) is 0.499. The van der Waals surface area contributed by atoms with E-state index in [9.17, 15) is 4.79 Å². The molecular formula is C9H11ClN4O2. The van der Waals surface area contributed by atoms with Crippen LogP contribution in [0.3, 0.4) is 0 Å². The van der Waals surface area contributed by atoms with Gasteiger partial charge in [-0.1, -0.05) is 11.6 Å². The second kappa shape index (κ2) is 4.54. The quantitative estimate of drug-likeness (QED) is 0.610. The van der Waals surface area contributed by atoms with E-state index < -0.39 is 0 Å². The van der Waals surface area contributed by atoms with Gasteiger partial charge in [-0.25, -0.2) is 15.6 Å². The lowest BCUT2D eigenvalue weighted by Gasteiger charge is -2.13. The number of hydrazine groups is 1. The Morgan fingerprint density at radius 1 is 1.62 bits per heavy atom. The molecule has 0 aliphatic carbocycles. The number of nitrogens with two attached hydrogens (primary N) is 1. The van der Waals surface area contributed by atoms with E-state index in [1.165, 1.54) is 4.90 Å². The number of hydrogen-bond donors (Lipinski definition) is 2. The fourth-order valence-electron chi connectivity index (χ4n) is 1.43. The lowest BCUT2D eigenvalue weighted by Crippen LogP contribution is -2.24. The van der Waals surface area contributed by atoms with Gasteiger partial charge in [-0.3, -0.25) is 4.90 Å². The molecule has 0 saturated carbocycles. The van der Waals surface area contributed by atoms with Crippen LogP contribution in [0.5, 0.6) is 0 Å². The van der Waals surface area contributed by atoms with Crippen LogP contribution in [0.2, 0.25) is 5.02 Å². The smallest absolute Gasteiger partial charge is 0.410 e. The van der Waals surface area contributed by atoms with Crippen LogP contribution in [0.1, 0.15) is 5.69 Å². The average Bonchev–Trinajstić information content (AvgIpc) is 2.68. The predicted octanol–water partition coefficient (Wildman–Crippen LogP) is 0.973. The van der Waals surface area contributed by atoms with Gasteiger partial charge < -0.3 is 10.2 Å². The molecule has 86 valence electrons. The lowest BCUT2D eigenvalue weighted by atomic mass is 10.3. The molecule has 1 saturated heterocycles. The second-order valence-corrected chi connectivity index (χ2v) is 3.71. The van der Waals surface area contributed by atoms with E-state index in [1.807, 2.05) is 0 Å². The van der Waals surface area contributed by atoms with Crippen molar-refractivity contribution in [1.82, 2.24) is 9.88 Å². The van der Waals surface area contributed by atoms with Gasteiger partial charge >= 0.3 is 6.09 Å². The van der Waals surface area contributed by atoms with Gasteiger partial charge in [-0.15, -0.1) is 0 Å². The maximum absolute atomic E-state index is 11.2. The number of pyridine rings is 1. The Morgan fingerprint density at radius 3 is 3.06 bits per heavy atom. The van der Waals surface area contributed by atoms with E-state index in [-0.39, 0.29) is 6.09 Å². The number of carbonyl (C=O) groups excluding carboxylic acids is 1. The fourth-order valence-corrected chi connectivity index (χ4v) is 1.59. The highest BCUT2D eigenvalue weighted by molar-refractivity contribution is 6.31. The summed E-state index contributed by atoms with van der Waals surface area (Å²) >= 11 is 5.97. The lowest BCUT2D eigenvalue weighted by molar-refractivity contribution is 0.157. The van der Waals surface area contributed by atoms with Crippen LogP contribution in [-0.2, 0) is 11.3 Å². The summed E-state index contributed by atoms with van der Waals surface area (Å²) in [6.07, 6.45) is -0.344. The van der Waals surface area contributed by atoms with Crippen LogP contribution in [-0.4, -0.2) is 29.1 Å². The maximum atomic E-state index is 11.2. The zero-order chi connectivity index (χ0) is 11.5. The second-order valence-electron chi connectivity index (χ2n) is 3.31. The minimum Gasteiger partial charge on any atom is -0.448 e. The molecule has 7 heteroatoms. The van der Waals surface area contributed by atoms with Gasteiger partial charge in [0.25, 0.3) is 0 Å². The Hall–Kier alpha value is -1.53. The van der Waals surface area contributed by atoms with E-state index in [0.29, 0.717) is 36.2 Å². The maximum Gasteiger partial charge on any atom is 0.410 e. The molecule has 16 heavy (non-hydrogen) atoms. The SMILES string of the molecule is NNc1ccc(Cl)c(CN2CCOC2=O)n1. The van der Waals surface area contributed by atoms with Crippen molar-refractivity contribution in [3.05, 3.63) is 22.8 Å². The number of amides is 1. The number of ether oxygens (including phenoxy) is 1. The van der Waals surface area contributed by atoms with E-state index >= 15 is 0 Å². The van der Waals surface area contributed by atoms with Gasteiger partial charge in [-0.05, 0) is 12.1 Å². The Labute approximate surface area is 97.3 Å². The normalized spacial score (nSPS) is 15.1. The number of anilines is 1. The van der Waals surface area contributed by atoms with Crippen molar-refractivity contribution in [1.29, 1.82) is 0 Å². The molecule has 1 aromatic rings. The first kappa shape index (κ1) is 11.0. The fraction of sp³-hybridized carbons (Fsp3) is 0.333. The van der Waals surface area contributed by atoms with Crippen LogP contribution < -0.4 is 11.3 Å². The largest absolute Gasteiger partial charge is 0.448 e. The Bertz CT molecular complexity index is 412. The van der Waals surface area contributed by atoms with Crippen molar-refractivity contribution in [3.63, 3.8) is 0 Å². The van der Waals surface area contributed by atoms with Gasteiger partial charge in [0.15, 0.2) is 0 Å². The van der Waals surface area contributed by atoms with E-state index in [4.69, 9.17) is 22.2 Å². The molecule has 0 atom stereocenters. The van der Waals surface area contributed by atoms with Crippen molar-refractivity contribution in [2.75, 3.05) is 18.6 Å². The zero-order valence-electron chi connectivity index (χ0n) is 8.44. The standard InChI is InChI=1S/C9H11ClN4O2/c10-6-1-2-8(13-11)12-7(6)5-14-3-4-16-9(14)15/h1-2H,3-5,11H2,(H,12,13). The summed E-state index contributed by atoms with van der Waals surface area (Å²) in [5.41, 5.74) is 3.02.